The number of carbonyl (C=O) groups excluding carboxylic acids is 1. The van der Waals surface area contributed by atoms with Crippen LogP contribution in [-0.2, 0) is 9.53 Å². The van der Waals surface area contributed by atoms with E-state index in [4.69, 9.17) is 4.74 Å². The van der Waals surface area contributed by atoms with Crippen molar-refractivity contribution in [1.29, 1.82) is 0 Å². The van der Waals surface area contributed by atoms with Crippen molar-refractivity contribution in [2.24, 2.45) is 5.92 Å². The Labute approximate surface area is 85.6 Å². The molecule has 0 aromatic heterocycles. The van der Waals surface area contributed by atoms with Gasteiger partial charge in [-0.05, 0) is 6.92 Å². The van der Waals surface area contributed by atoms with Crippen molar-refractivity contribution >= 4 is 5.91 Å². The van der Waals surface area contributed by atoms with Crippen molar-refractivity contribution in [1.82, 2.24) is 10.2 Å². The van der Waals surface area contributed by atoms with Gasteiger partial charge in [0.15, 0.2) is 0 Å². The van der Waals surface area contributed by atoms with Crippen LogP contribution in [0, 0.1) is 5.92 Å². The van der Waals surface area contributed by atoms with Crippen molar-refractivity contribution in [2.75, 3.05) is 33.4 Å². The fraction of sp³-hybridized carbons (Fsp3) is 0.900. The summed E-state index contributed by atoms with van der Waals surface area (Å²) in [4.78, 5) is 13.8. The zero-order valence-electron chi connectivity index (χ0n) is 9.25. The first kappa shape index (κ1) is 11.5. The minimum absolute atomic E-state index is 0.0229. The Kier molecular flexibility index (Phi) is 4.35. The molecule has 0 aliphatic carbocycles. The lowest BCUT2D eigenvalue weighted by molar-refractivity contribution is -0.137. The van der Waals surface area contributed by atoms with E-state index in [-0.39, 0.29) is 11.8 Å². The normalized spacial score (nSPS) is 24.8. The molecule has 1 amide bonds. The minimum Gasteiger partial charge on any atom is -0.384 e. The molecule has 0 aromatic carbocycles. The van der Waals surface area contributed by atoms with E-state index >= 15 is 0 Å². The van der Waals surface area contributed by atoms with Gasteiger partial charge in [0.25, 0.3) is 0 Å². The molecule has 1 aliphatic heterocycles. The number of nitrogens with one attached hydrogen (secondary N) is 1. The highest BCUT2D eigenvalue weighted by Crippen LogP contribution is 2.06. The molecule has 1 fully saturated rings. The lowest BCUT2D eigenvalue weighted by Gasteiger charge is -2.33. The minimum atomic E-state index is -0.0229. The Morgan fingerprint density at radius 2 is 2.43 bits per heavy atom. The summed E-state index contributed by atoms with van der Waals surface area (Å²) in [5, 5.41) is 3.31. The van der Waals surface area contributed by atoms with Gasteiger partial charge in [-0.1, -0.05) is 6.92 Å². The van der Waals surface area contributed by atoms with E-state index in [1.807, 2.05) is 11.8 Å². The van der Waals surface area contributed by atoms with Gasteiger partial charge in [0.1, 0.15) is 0 Å². The molecule has 1 saturated heterocycles. The molecule has 1 aliphatic rings. The van der Waals surface area contributed by atoms with Crippen LogP contribution in [0.1, 0.15) is 13.8 Å². The highest BCUT2D eigenvalue weighted by atomic mass is 16.5. The van der Waals surface area contributed by atoms with Gasteiger partial charge in [-0.25, -0.2) is 0 Å². The maximum absolute atomic E-state index is 11.9. The van der Waals surface area contributed by atoms with Crippen LogP contribution in [-0.4, -0.2) is 50.2 Å². The standard InChI is InChI=1S/C10H20N2O2/c1-8(7-14-3)10(13)12-5-4-11-9(2)6-12/h8-9,11H,4-7H2,1-3H3/t8?,9-/m1/s1. The number of nitrogens with zero attached hydrogens (tertiary/aromatic N) is 1. The number of hydrogen-bond donors (Lipinski definition) is 1. The number of rotatable bonds is 3. The molecule has 0 radical (unpaired) electrons. The third kappa shape index (κ3) is 2.96. The summed E-state index contributed by atoms with van der Waals surface area (Å²) in [6.45, 7) is 7.05. The van der Waals surface area contributed by atoms with Gasteiger partial charge in [-0.2, -0.15) is 0 Å². The van der Waals surface area contributed by atoms with Crippen LogP contribution in [0.5, 0.6) is 0 Å². The Bertz CT molecular complexity index is 197. The van der Waals surface area contributed by atoms with E-state index in [0.717, 1.165) is 19.6 Å². The summed E-state index contributed by atoms with van der Waals surface area (Å²) >= 11 is 0. The third-order valence-electron chi connectivity index (χ3n) is 2.52. The molecular weight excluding hydrogens is 180 g/mol. The topological polar surface area (TPSA) is 41.6 Å². The average molecular weight is 200 g/mol. The lowest BCUT2D eigenvalue weighted by Crippen LogP contribution is -2.52. The number of piperazine rings is 1. The zero-order valence-corrected chi connectivity index (χ0v) is 9.25. The van der Waals surface area contributed by atoms with Crippen LogP contribution in [0.25, 0.3) is 0 Å². The average Bonchev–Trinajstić information content (AvgIpc) is 2.17. The van der Waals surface area contributed by atoms with Crippen molar-refractivity contribution in [3.63, 3.8) is 0 Å². The Balaban J connectivity index is 2.42. The number of ether oxygens (including phenoxy) is 1. The van der Waals surface area contributed by atoms with Crippen LogP contribution in [0.15, 0.2) is 0 Å². The Morgan fingerprint density at radius 3 is 3.00 bits per heavy atom. The van der Waals surface area contributed by atoms with Crippen molar-refractivity contribution in [3.05, 3.63) is 0 Å². The highest BCUT2D eigenvalue weighted by molar-refractivity contribution is 5.78. The van der Waals surface area contributed by atoms with Crippen molar-refractivity contribution in [2.45, 2.75) is 19.9 Å². The summed E-state index contributed by atoms with van der Waals surface area (Å²) in [7, 11) is 1.63. The van der Waals surface area contributed by atoms with Gasteiger partial charge >= 0.3 is 0 Å². The molecule has 0 aromatic rings. The van der Waals surface area contributed by atoms with Gasteiger partial charge < -0.3 is 15.0 Å². The number of hydrogen-bond acceptors (Lipinski definition) is 3. The van der Waals surface area contributed by atoms with Crippen LogP contribution in [0.4, 0.5) is 0 Å². The molecule has 1 unspecified atom stereocenters. The van der Waals surface area contributed by atoms with Crippen LogP contribution >= 0.6 is 0 Å². The highest BCUT2D eigenvalue weighted by Gasteiger charge is 2.24. The Hall–Kier alpha value is -0.610. The van der Waals surface area contributed by atoms with Gasteiger partial charge in [0.05, 0.1) is 12.5 Å². The molecule has 14 heavy (non-hydrogen) atoms. The number of methoxy groups -OCH3 is 1. The zero-order chi connectivity index (χ0) is 10.6. The first-order valence-electron chi connectivity index (χ1n) is 5.16. The number of carbonyl (C=O) groups is 1. The summed E-state index contributed by atoms with van der Waals surface area (Å²) in [5.41, 5.74) is 0. The second kappa shape index (κ2) is 5.32. The molecule has 4 nitrogen and oxygen atoms in total. The van der Waals surface area contributed by atoms with Crippen LogP contribution in [0.2, 0.25) is 0 Å². The molecule has 4 heteroatoms. The summed E-state index contributed by atoms with van der Waals surface area (Å²) in [5.74, 6) is 0.186. The monoisotopic (exact) mass is 200 g/mol. The molecule has 0 spiro atoms. The van der Waals surface area contributed by atoms with Gasteiger partial charge in [-0.15, -0.1) is 0 Å². The maximum atomic E-state index is 11.9. The summed E-state index contributed by atoms with van der Waals surface area (Å²) in [6.07, 6.45) is 0. The molecule has 1 heterocycles. The second-order valence-electron chi connectivity index (χ2n) is 4.00. The number of amides is 1. The van der Waals surface area contributed by atoms with E-state index in [0.29, 0.717) is 12.6 Å². The fourth-order valence-electron chi connectivity index (χ4n) is 1.77. The van der Waals surface area contributed by atoms with Crippen LogP contribution in [0.3, 0.4) is 0 Å². The van der Waals surface area contributed by atoms with E-state index in [9.17, 15) is 4.79 Å². The Morgan fingerprint density at radius 1 is 1.71 bits per heavy atom. The van der Waals surface area contributed by atoms with E-state index < -0.39 is 0 Å². The SMILES string of the molecule is COCC(C)C(=O)N1CCN[C@H](C)C1. The molecule has 0 bridgehead atoms. The molecule has 82 valence electrons. The van der Waals surface area contributed by atoms with Crippen molar-refractivity contribution in [3.8, 4) is 0 Å². The van der Waals surface area contributed by atoms with Crippen LogP contribution < -0.4 is 5.32 Å². The van der Waals surface area contributed by atoms with E-state index in [1.54, 1.807) is 7.11 Å². The fourth-order valence-corrected chi connectivity index (χ4v) is 1.77. The van der Waals surface area contributed by atoms with Gasteiger partial charge in [0.2, 0.25) is 5.91 Å². The predicted octanol–water partition coefficient (Wildman–Crippen LogP) is 0.0892. The van der Waals surface area contributed by atoms with Gasteiger partial charge in [-0.3, -0.25) is 4.79 Å². The quantitative estimate of drug-likeness (QED) is 0.702. The van der Waals surface area contributed by atoms with Crippen molar-refractivity contribution < 1.29 is 9.53 Å². The van der Waals surface area contributed by atoms with Gasteiger partial charge in [0, 0.05) is 32.8 Å². The summed E-state index contributed by atoms with van der Waals surface area (Å²) < 4.78 is 4.98. The summed E-state index contributed by atoms with van der Waals surface area (Å²) in [6, 6.07) is 0.405. The lowest BCUT2D eigenvalue weighted by atomic mass is 10.1. The van der Waals surface area contributed by atoms with E-state index in [1.165, 1.54) is 0 Å². The smallest absolute Gasteiger partial charge is 0.227 e. The first-order chi connectivity index (χ1) is 6.65. The third-order valence-corrected chi connectivity index (χ3v) is 2.52. The molecule has 1 rings (SSSR count). The first-order valence-corrected chi connectivity index (χ1v) is 5.16. The maximum Gasteiger partial charge on any atom is 0.227 e. The largest absolute Gasteiger partial charge is 0.384 e. The van der Waals surface area contributed by atoms with E-state index in [2.05, 4.69) is 12.2 Å². The predicted molar refractivity (Wildman–Crippen MR) is 55.1 cm³/mol. The molecular formula is C10H20N2O2. The molecule has 0 saturated carbocycles. The molecule has 1 N–H and O–H groups in total. The second-order valence-corrected chi connectivity index (χ2v) is 4.00. The molecule has 2 atom stereocenters.